The molecule has 3 atom stereocenters. The van der Waals surface area contributed by atoms with Crippen LogP contribution in [-0.4, -0.2) is 41.2 Å². The van der Waals surface area contributed by atoms with Crippen molar-refractivity contribution in [2.24, 2.45) is 5.92 Å². The van der Waals surface area contributed by atoms with Gasteiger partial charge >= 0.3 is 0 Å². The molecule has 1 aliphatic heterocycles. The standard InChI is InChI=1S/C20H28FNO3/c1-2-3-18-12-15(10-11-25-18)20(24)22(17-8-9-17)13-19(23)14-4-6-16(21)7-5-14/h4-7,15,17-19,23H,2-3,8-13H2,1H3. The Morgan fingerprint density at radius 2 is 2.04 bits per heavy atom. The second-order valence-corrected chi connectivity index (χ2v) is 7.29. The number of nitrogens with zero attached hydrogens (tertiary/aromatic N) is 1. The highest BCUT2D eigenvalue weighted by molar-refractivity contribution is 5.79. The molecule has 2 fully saturated rings. The van der Waals surface area contributed by atoms with E-state index in [-0.39, 0.29) is 36.3 Å². The molecule has 1 heterocycles. The van der Waals surface area contributed by atoms with Crippen molar-refractivity contribution >= 4 is 5.91 Å². The van der Waals surface area contributed by atoms with E-state index in [0.29, 0.717) is 12.2 Å². The van der Waals surface area contributed by atoms with Crippen molar-refractivity contribution in [1.82, 2.24) is 4.90 Å². The Morgan fingerprint density at radius 3 is 2.68 bits per heavy atom. The number of carbonyl (C=O) groups is 1. The number of benzene rings is 1. The topological polar surface area (TPSA) is 49.8 Å². The molecule has 138 valence electrons. The molecule has 1 N–H and O–H groups in total. The average Bonchev–Trinajstić information content (AvgIpc) is 3.45. The number of halogens is 1. The van der Waals surface area contributed by atoms with Crippen LogP contribution in [-0.2, 0) is 9.53 Å². The molecule has 0 bridgehead atoms. The smallest absolute Gasteiger partial charge is 0.226 e. The first-order chi connectivity index (χ1) is 12.1. The molecule has 25 heavy (non-hydrogen) atoms. The van der Waals surface area contributed by atoms with Crippen LogP contribution in [0.3, 0.4) is 0 Å². The molecule has 5 heteroatoms. The number of hydrogen-bond acceptors (Lipinski definition) is 3. The summed E-state index contributed by atoms with van der Waals surface area (Å²) in [6.07, 6.45) is 4.99. The van der Waals surface area contributed by atoms with Gasteiger partial charge in [-0.25, -0.2) is 4.39 Å². The number of aliphatic hydroxyl groups excluding tert-OH is 1. The van der Waals surface area contributed by atoms with E-state index < -0.39 is 6.10 Å². The van der Waals surface area contributed by atoms with E-state index in [2.05, 4.69) is 6.92 Å². The summed E-state index contributed by atoms with van der Waals surface area (Å²) in [6, 6.07) is 6.10. The average molecular weight is 349 g/mol. The van der Waals surface area contributed by atoms with Crippen LogP contribution in [0.5, 0.6) is 0 Å². The Kier molecular flexibility index (Phi) is 6.07. The Hall–Kier alpha value is -1.46. The molecule has 1 aliphatic carbocycles. The van der Waals surface area contributed by atoms with Gasteiger partial charge in [0.2, 0.25) is 5.91 Å². The van der Waals surface area contributed by atoms with Gasteiger partial charge in [-0.2, -0.15) is 0 Å². The van der Waals surface area contributed by atoms with Crippen molar-refractivity contribution in [2.45, 2.75) is 63.7 Å². The van der Waals surface area contributed by atoms with Gasteiger partial charge < -0.3 is 14.7 Å². The van der Waals surface area contributed by atoms with Crippen LogP contribution in [0.4, 0.5) is 4.39 Å². The van der Waals surface area contributed by atoms with Gasteiger partial charge in [0, 0.05) is 18.6 Å². The van der Waals surface area contributed by atoms with Gasteiger partial charge in [0.05, 0.1) is 18.8 Å². The van der Waals surface area contributed by atoms with Crippen LogP contribution in [0.2, 0.25) is 0 Å². The predicted molar refractivity (Wildman–Crippen MR) is 93.5 cm³/mol. The van der Waals surface area contributed by atoms with Gasteiger partial charge in [0.1, 0.15) is 5.82 Å². The van der Waals surface area contributed by atoms with E-state index in [1.165, 1.54) is 12.1 Å². The third-order valence-electron chi connectivity index (χ3n) is 5.22. The van der Waals surface area contributed by atoms with Crippen LogP contribution in [0, 0.1) is 11.7 Å². The third kappa shape index (κ3) is 4.79. The largest absolute Gasteiger partial charge is 0.387 e. The molecule has 0 radical (unpaired) electrons. The highest BCUT2D eigenvalue weighted by atomic mass is 19.1. The minimum atomic E-state index is -0.781. The van der Waals surface area contributed by atoms with E-state index >= 15 is 0 Å². The SMILES string of the molecule is CCCC1CC(C(=O)N(CC(O)c2ccc(F)cc2)C2CC2)CCO1. The second-order valence-electron chi connectivity index (χ2n) is 7.29. The summed E-state index contributed by atoms with van der Waals surface area (Å²) in [5, 5.41) is 10.5. The minimum absolute atomic E-state index is 0.00804. The van der Waals surface area contributed by atoms with Gasteiger partial charge in [-0.15, -0.1) is 0 Å². The van der Waals surface area contributed by atoms with E-state index in [0.717, 1.165) is 38.5 Å². The Bertz CT molecular complexity index is 571. The highest BCUT2D eigenvalue weighted by Gasteiger charge is 2.38. The molecule has 1 aromatic rings. The molecule has 1 amide bonds. The lowest BCUT2D eigenvalue weighted by atomic mass is 9.92. The van der Waals surface area contributed by atoms with Crippen molar-refractivity contribution in [2.75, 3.05) is 13.2 Å². The molecule has 3 unspecified atom stereocenters. The summed E-state index contributed by atoms with van der Waals surface area (Å²) in [4.78, 5) is 14.9. The van der Waals surface area contributed by atoms with Crippen molar-refractivity contribution in [3.8, 4) is 0 Å². The van der Waals surface area contributed by atoms with Crippen molar-refractivity contribution in [1.29, 1.82) is 0 Å². The maximum absolute atomic E-state index is 13.1. The van der Waals surface area contributed by atoms with Crippen molar-refractivity contribution in [3.05, 3.63) is 35.6 Å². The van der Waals surface area contributed by atoms with Gasteiger partial charge in [-0.05, 0) is 49.8 Å². The van der Waals surface area contributed by atoms with Gasteiger partial charge in [-0.1, -0.05) is 25.5 Å². The summed E-state index contributed by atoms with van der Waals surface area (Å²) in [5.74, 6) is -0.186. The molecular formula is C20H28FNO3. The van der Waals surface area contributed by atoms with Crippen LogP contribution in [0.15, 0.2) is 24.3 Å². The highest BCUT2D eigenvalue weighted by Crippen LogP contribution is 2.33. The zero-order chi connectivity index (χ0) is 17.8. The normalized spacial score (nSPS) is 24.8. The predicted octanol–water partition coefficient (Wildman–Crippen LogP) is 3.45. The molecule has 2 aliphatic rings. The zero-order valence-electron chi connectivity index (χ0n) is 14.9. The molecule has 3 rings (SSSR count). The quantitative estimate of drug-likeness (QED) is 0.820. The van der Waals surface area contributed by atoms with E-state index in [1.807, 2.05) is 4.90 Å². The minimum Gasteiger partial charge on any atom is -0.387 e. The third-order valence-corrected chi connectivity index (χ3v) is 5.22. The fraction of sp³-hybridized carbons (Fsp3) is 0.650. The Balaban J connectivity index is 1.64. The fourth-order valence-corrected chi connectivity index (χ4v) is 3.64. The van der Waals surface area contributed by atoms with E-state index in [4.69, 9.17) is 4.74 Å². The summed E-state index contributed by atoms with van der Waals surface area (Å²) >= 11 is 0. The first-order valence-electron chi connectivity index (χ1n) is 9.44. The Labute approximate surface area is 149 Å². The van der Waals surface area contributed by atoms with E-state index in [1.54, 1.807) is 12.1 Å². The van der Waals surface area contributed by atoms with Crippen LogP contribution < -0.4 is 0 Å². The maximum Gasteiger partial charge on any atom is 0.226 e. The second kappa shape index (κ2) is 8.28. The van der Waals surface area contributed by atoms with Gasteiger partial charge in [0.15, 0.2) is 0 Å². The number of aliphatic hydroxyl groups is 1. The molecule has 1 saturated carbocycles. The van der Waals surface area contributed by atoms with Crippen molar-refractivity contribution < 1.29 is 19.0 Å². The molecule has 1 aromatic carbocycles. The molecule has 0 spiro atoms. The summed E-state index contributed by atoms with van der Waals surface area (Å²) in [6.45, 7) is 3.05. The molecule has 1 saturated heterocycles. The maximum atomic E-state index is 13.1. The Morgan fingerprint density at radius 1 is 1.32 bits per heavy atom. The first kappa shape index (κ1) is 18.3. The lowest BCUT2D eigenvalue weighted by molar-refractivity contribution is -0.143. The number of rotatable bonds is 7. The molecular weight excluding hydrogens is 321 g/mol. The number of ether oxygens (including phenoxy) is 1. The molecule has 4 nitrogen and oxygen atoms in total. The molecule has 0 aromatic heterocycles. The van der Waals surface area contributed by atoms with Gasteiger partial charge in [-0.3, -0.25) is 4.79 Å². The van der Waals surface area contributed by atoms with Crippen LogP contribution >= 0.6 is 0 Å². The van der Waals surface area contributed by atoms with Gasteiger partial charge in [0.25, 0.3) is 0 Å². The van der Waals surface area contributed by atoms with Crippen molar-refractivity contribution in [3.63, 3.8) is 0 Å². The summed E-state index contributed by atoms with van der Waals surface area (Å²) < 4.78 is 18.8. The summed E-state index contributed by atoms with van der Waals surface area (Å²) in [7, 11) is 0. The number of carbonyl (C=O) groups excluding carboxylic acids is 1. The van der Waals surface area contributed by atoms with E-state index in [9.17, 15) is 14.3 Å². The zero-order valence-corrected chi connectivity index (χ0v) is 14.9. The number of amides is 1. The van der Waals surface area contributed by atoms with Crippen LogP contribution in [0.1, 0.15) is 57.1 Å². The summed E-state index contributed by atoms with van der Waals surface area (Å²) in [5.41, 5.74) is 0.649. The lowest BCUT2D eigenvalue weighted by Crippen LogP contribution is -2.43. The van der Waals surface area contributed by atoms with Crippen LogP contribution in [0.25, 0.3) is 0 Å². The number of hydrogen-bond donors (Lipinski definition) is 1. The monoisotopic (exact) mass is 349 g/mol. The lowest BCUT2D eigenvalue weighted by Gasteiger charge is -2.34. The first-order valence-corrected chi connectivity index (χ1v) is 9.44. The fourth-order valence-electron chi connectivity index (χ4n) is 3.64.